The van der Waals surface area contributed by atoms with Crippen LogP contribution in [0.1, 0.15) is 13.8 Å². The highest BCUT2D eigenvalue weighted by molar-refractivity contribution is 5.72. The number of hydrogen-bond donors (Lipinski definition) is 2. The summed E-state index contributed by atoms with van der Waals surface area (Å²) in [6.07, 6.45) is 0. The van der Waals surface area contributed by atoms with Gasteiger partial charge in [0.25, 0.3) is 0 Å². The molecule has 15 heavy (non-hydrogen) atoms. The molecule has 0 rings (SSSR count). The summed E-state index contributed by atoms with van der Waals surface area (Å²) in [6.45, 7) is 8.87. The highest BCUT2D eigenvalue weighted by Crippen LogP contribution is 1.53. The van der Waals surface area contributed by atoms with E-state index in [1.54, 1.807) is 7.05 Å². The topological polar surface area (TPSA) is 92.2 Å². The molecule has 0 heterocycles. The Labute approximate surface area is 89.6 Å². The molecule has 7 nitrogen and oxygen atoms in total. The molecule has 7 heteroatoms. The number of carbonyl (C=O) groups is 2. The number of hydrogen-bond acceptors (Lipinski definition) is 5. The quantitative estimate of drug-likeness (QED) is 0.494. The van der Waals surface area contributed by atoms with E-state index in [1.807, 2.05) is 0 Å². The smallest absolute Gasteiger partial charge is 0.236 e. The van der Waals surface area contributed by atoms with Crippen LogP contribution in [0, 0.1) is 0 Å². The molecule has 0 atom stereocenters. The van der Waals surface area contributed by atoms with Gasteiger partial charge >= 0.3 is 0 Å². The van der Waals surface area contributed by atoms with Crippen molar-refractivity contribution >= 4 is 25.2 Å². The first-order valence-corrected chi connectivity index (χ1v) is 3.86. The van der Waals surface area contributed by atoms with Crippen LogP contribution in [-0.4, -0.2) is 39.4 Å². The molecular weight excluding hydrogens is 200 g/mol. The Bertz CT molecular complexity index is 194. The third-order valence-corrected chi connectivity index (χ3v) is 0.718. The van der Waals surface area contributed by atoms with E-state index in [2.05, 4.69) is 39.3 Å². The van der Waals surface area contributed by atoms with Crippen LogP contribution in [-0.2, 0) is 14.4 Å². The fourth-order valence-corrected chi connectivity index (χ4v) is 0.111. The molecule has 0 radical (unpaired) electrons. The zero-order valence-corrected chi connectivity index (χ0v) is 9.53. The summed E-state index contributed by atoms with van der Waals surface area (Å²) in [6, 6.07) is 0. The zero-order chi connectivity index (χ0) is 12.7. The van der Waals surface area contributed by atoms with Gasteiger partial charge in [-0.15, -0.1) is 5.16 Å². The third-order valence-electron chi connectivity index (χ3n) is 0.718. The van der Waals surface area contributed by atoms with Gasteiger partial charge in [-0.05, 0) is 0 Å². The second-order valence-electron chi connectivity index (χ2n) is 1.94. The van der Waals surface area contributed by atoms with Gasteiger partial charge in [-0.25, -0.2) is 5.43 Å². The van der Waals surface area contributed by atoms with Crippen LogP contribution in [0.25, 0.3) is 0 Å². The average Bonchev–Trinajstić information content (AvgIpc) is 2.19. The van der Waals surface area contributed by atoms with Crippen molar-refractivity contribution in [3.05, 3.63) is 0 Å². The minimum absolute atomic E-state index is 0.00463. The van der Waals surface area contributed by atoms with Crippen molar-refractivity contribution in [3.8, 4) is 0 Å². The molecule has 0 aromatic carbocycles. The fourth-order valence-electron chi connectivity index (χ4n) is 0.111. The summed E-state index contributed by atoms with van der Waals surface area (Å²) in [4.78, 5) is 23.6. The van der Waals surface area contributed by atoms with Crippen LogP contribution in [0.4, 0.5) is 0 Å². The second-order valence-corrected chi connectivity index (χ2v) is 1.94. The number of hydrazone groups is 1. The number of nitrogens with one attached hydrogen (secondary N) is 2. The first kappa shape index (κ1) is 18.8. The fraction of sp³-hybridized carbons (Fsp3) is 0.500. The molecule has 0 aliphatic carbocycles. The molecular formula is C8H18N4O3. The Balaban J connectivity index is -0.000000147. The van der Waals surface area contributed by atoms with Gasteiger partial charge in [-0.3, -0.25) is 9.59 Å². The molecule has 0 fully saturated rings. The molecule has 0 spiro atoms. The van der Waals surface area contributed by atoms with Gasteiger partial charge in [0.1, 0.15) is 7.11 Å². The maximum Gasteiger partial charge on any atom is 0.236 e. The van der Waals surface area contributed by atoms with Crippen molar-refractivity contribution in [2.24, 2.45) is 10.3 Å². The zero-order valence-electron chi connectivity index (χ0n) is 9.53. The third kappa shape index (κ3) is 73.7. The van der Waals surface area contributed by atoms with Gasteiger partial charge < -0.3 is 10.2 Å². The van der Waals surface area contributed by atoms with E-state index in [9.17, 15) is 9.59 Å². The summed E-state index contributed by atoms with van der Waals surface area (Å²) < 4.78 is 0. The van der Waals surface area contributed by atoms with Crippen molar-refractivity contribution in [1.82, 2.24) is 10.7 Å². The molecule has 2 N–H and O–H groups in total. The molecule has 0 aromatic heterocycles. The monoisotopic (exact) mass is 218 g/mol. The molecule has 2 amide bonds. The molecule has 0 saturated heterocycles. The number of oxime groups is 1. The predicted molar refractivity (Wildman–Crippen MR) is 59.7 cm³/mol. The van der Waals surface area contributed by atoms with E-state index >= 15 is 0 Å². The molecule has 88 valence electrons. The van der Waals surface area contributed by atoms with Gasteiger partial charge in [0, 0.05) is 34.3 Å². The Morgan fingerprint density at radius 1 is 1.20 bits per heavy atom. The molecule has 0 unspecified atom stereocenters. The summed E-state index contributed by atoms with van der Waals surface area (Å²) in [7, 11) is 3.05. The predicted octanol–water partition coefficient (Wildman–Crippen LogP) is -0.261. The lowest BCUT2D eigenvalue weighted by molar-refractivity contribution is -0.119. The maximum atomic E-state index is 9.80. The summed E-state index contributed by atoms with van der Waals surface area (Å²) in [5.41, 5.74) is 2.08. The Hall–Kier alpha value is -1.92. The summed E-state index contributed by atoms with van der Waals surface area (Å²) in [5, 5.41) is 8.46. The van der Waals surface area contributed by atoms with E-state index in [-0.39, 0.29) is 11.8 Å². The lowest BCUT2D eigenvalue weighted by Crippen LogP contribution is -2.11. The van der Waals surface area contributed by atoms with Crippen molar-refractivity contribution < 1.29 is 14.4 Å². The summed E-state index contributed by atoms with van der Waals surface area (Å²) in [5.74, 6) is -0.185. The van der Waals surface area contributed by atoms with Crippen molar-refractivity contribution in [2.75, 3.05) is 14.2 Å². The standard InChI is InChI=1S/C3H6N2O.C3H7NO.C2H5NO/c1-3(6)5-4-2;1-3(5)4-2;1-3-4-2/h2H2,1H3,(H,5,6);1-2H3,(H,4,5);1H2,2H3. The van der Waals surface area contributed by atoms with Gasteiger partial charge in [0.2, 0.25) is 11.8 Å². The van der Waals surface area contributed by atoms with Crippen molar-refractivity contribution in [3.63, 3.8) is 0 Å². The first-order valence-electron chi connectivity index (χ1n) is 3.86. The lowest BCUT2D eigenvalue weighted by atomic mass is 10.7. The number of carbonyl (C=O) groups excluding carboxylic acids is 2. The van der Waals surface area contributed by atoms with Crippen molar-refractivity contribution in [2.45, 2.75) is 13.8 Å². The Morgan fingerprint density at radius 3 is 1.53 bits per heavy atom. The average molecular weight is 218 g/mol. The van der Waals surface area contributed by atoms with Crippen LogP contribution in [0.2, 0.25) is 0 Å². The van der Waals surface area contributed by atoms with Crippen molar-refractivity contribution in [1.29, 1.82) is 0 Å². The first-order chi connectivity index (χ1) is 6.95. The molecule has 0 aliphatic rings. The van der Waals surface area contributed by atoms with Crippen LogP contribution in [0.3, 0.4) is 0 Å². The molecule has 0 aliphatic heterocycles. The van der Waals surface area contributed by atoms with Crippen LogP contribution in [0.5, 0.6) is 0 Å². The largest absolute Gasteiger partial charge is 0.400 e. The second kappa shape index (κ2) is 18.0. The minimum atomic E-state index is -0.190. The van der Waals surface area contributed by atoms with Gasteiger partial charge in [0.05, 0.1) is 0 Å². The van der Waals surface area contributed by atoms with E-state index in [1.165, 1.54) is 21.0 Å². The van der Waals surface area contributed by atoms with Crippen LogP contribution in [0.15, 0.2) is 10.3 Å². The van der Waals surface area contributed by atoms with E-state index < -0.39 is 0 Å². The molecule has 0 aromatic rings. The number of amides is 2. The Morgan fingerprint density at radius 2 is 1.53 bits per heavy atom. The van der Waals surface area contributed by atoms with E-state index in [4.69, 9.17) is 0 Å². The van der Waals surface area contributed by atoms with Gasteiger partial charge in [0.15, 0.2) is 0 Å². The normalized spacial score (nSPS) is 6.40. The van der Waals surface area contributed by atoms with Crippen LogP contribution < -0.4 is 10.7 Å². The minimum Gasteiger partial charge on any atom is -0.400 e. The molecule has 0 saturated carbocycles. The van der Waals surface area contributed by atoms with E-state index in [0.29, 0.717) is 0 Å². The number of nitrogens with zero attached hydrogens (tertiary/aromatic N) is 2. The highest BCUT2D eigenvalue weighted by atomic mass is 16.6. The maximum absolute atomic E-state index is 9.80. The SMILES string of the molecule is C=NNC(C)=O.C=NOC.CNC(C)=O. The lowest BCUT2D eigenvalue weighted by Gasteiger charge is -1.82. The highest BCUT2D eigenvalue weighted by Gasteiger charge is 1.77. The molecule has 0 bridgehead atoms. The van der Waals surface area contributed by atoms with Crippen LogP contribution >= 0.6 is 0 Å². The van der Waals surface area contributed by atoms with Gasteiger partial charge in [-0.2, -0.15) is 5.10 Å². The number of rotatable bonds is 2. The van der Waals surface area contributed by atoms with E-state index in [0.717, 1.165) is 0 Å². The summed E-state index contributed by atoms with van der Waals surface area (Å²) >= 11 is 0. The Kier molecular flexibility index (Phi) is 22.5. The van der Waals surface area contributed by atoms with Gasteiger partial charge in [-0.1, -0.05) is 0 Å².